The van der Waals surface area contributed by atoms with E-state index in [2.05, 4.69) is 93.3 Å². The molecule has 0 N–H and O–H groups in total. The predicted octanol–water partition coefficient (Wildman–Crippen LogP) is 9.19. The molecule has 0 heterocycles. The van der Waals surface area contributed by atoms with Crippen molar-refractivity contribution in [1.29, 1.82) is 0 Å². The Hall–Kier alpha value is -1.65. The van der Waals surface area contributed by atoms with E-state index in [9.17, 15) is 0 Å². The third-order valence-electron chi connectivity index (χ3n) is 8.37. The molecule has 0 aliphatic heterocycles. The van der Waals surface area contributed by atoms with E-state index < -0.39 is 16.1 Å². The van der Waals surface area contributed by atoms with Gasteiger partial charge in [0, 0.05) is 0 Å². The van der Waals surface area contributed by atoms with E-state index in [1.807, 2.05) is 0 Å². The molecule has 4 aliphatic rings. The fourth-order valence-electron chi connectivity index (χ4n) is 6.41. The second-order valence-corrected chi connectivity index (χ2v) is 19.6. The van der Waals surface area contributed by atoms with Crippen LogP contribution in [0.25, 0.3) is 0 Å². The summed E-state index contributed by atoms with van der Waals surface area (Å²) in [6.45, 7) is 7.61. The highest BCUT2D eigenvalue weighted by Crippen LogP contribution is 2.44. The summed E-state index contributed by atoms with van der Waals surface area (Å²) in [5, 5.41) is 6.79. The van der Waals surface area contributed by atoms with Gasteiger partial charge in [-0.25, -0.2) is 0 Å². The quantitative estimate of drug-likeness (QED) is 0.202. The smallest absolute Gasteiger partial charge is 0.0811 e. The lowest BCUT2D eigenvalue weighted by Gasteiger charge is -2.38. The summed E-state index contributed by atoms with van der Waals surface area (Å²) < 4.78 is 0. The van der Waals surface area contributed by atoms with Crippen LogP contribution in [0.4, 0.5) is 0 Å². The average molecular weight is 459 g/mol. The van der Waals surface area contributed by atoms with E-state index in [0.717, 1.165) is 31.2 Å². The second kappa shape index (κ2) is 10.5. The van der Waals surface area contributed by atoms with Crippen molar-refractivity contribution in [2.45, 2.75) is 89.4 Å². The zero-order chi connectivity index (χ0) is 22.4. The number of rotatable bonds is 12. The monoisotopic (exact) mass is 458 g/mol. The zero-order valence-electron chi connectivity index (χ0n) is 20.6. The fourth-order valence-corrected chi connectivity index (χ4v) is 15.8. The van der Waals surface area contributed by atoms with Gasteiger partial charge in [0.2, 0.25) is 0 Å². The maximum Gasteiger partial charge on any atom is 0.119 e. The Morgan fingerprint density at radius 2 is 1.00 bits per heavy atom. The van der Waals surface area contributed by atoms with Crippen LogP contribution in [0.15, 0.2) is 93.7 Å². The minimum absolute atomic E-state index is 0.767. The first-order chi connectivity index (χ1) is 15.6. The molecule has 0 unspecified atom stereocenters. The molecule has 0 fully saturated rings. The zero-order valence-corrected chi connectivity index (χ0v) is 22.6. The van der Waals surface area contributed by atoms with E-state index in [1.165, 1.54) is 37.8 Å². The van der Waals surface area contributed by atoms with Crippen molar-refractivity contribution in [1.82, 2.24) is 0 Å². The molecular weight excluding hydrogens is 417 g/mol. The fraction of sp³-hybridized carbons (Fsp3) is 0.467. The molecule has 0 amide bonds. The van der Waals surface area contributed by atoms with Gasteiger partial charge in [-0.1, -0.05) is 140 Å². The van der Waals surface area contributed by atoms with Crippen LogP contribution in [0.2, 0.25) is 24.2 Å². The summed E-state index contributed by atoms with van der Waals surface area (Å²) in [6.07, 6.45) is 39.5. The Balaban J connectivity index is 1.35. The molecule has 32 heavy (non-hydrogen) atoms. The van der Waals surface area contributed by atoms with Gasteiger partial charge in [0.05, 0.1) is 0 Å². The van der Waals surface area contributed by atoms with Gasteiger partial charge in [-0.3, -0.25) is 0 Å². The van der Waals surface area contributed by atoms with Crippen LogP contribution in [0.1, 0.15) is 65.2 Å². The highest BCUT2D eigenvalue weighted by Gasteiger charge is 2.42. The van der Waals surface area contributed by atoms with E-state index in [1.54, 1.807) is 20.8 Å². The topological polar surface area (TPSA) is 0 Å². The minimum atomic E-state index is -1.63. The van der Waals surface area contributed by atoms with Crippen molar-refractivity contribution < 1.29 is 0 Å². The van der Waals surface area contributed by atoms with Gasteiger partial charge in [-0.2, -0.15) is 0 Å². The predicted molar refractivity (Wildman–Crippen MR) is 148 cm³/mol. The molecule has 0 aromatic carbocycles. The highest BCUT2D eigenvalue weighted by molar-refractivity contribution is 6.95. The lowest BCUT2D eigenvalue weighted by atomic mass is 10.2. The molecule has 0 spiro atoms. The van der Waals surface area contributed by atoms with Crippen LogP contribution in [-0.2, 0) is 0 Å². The van der Waals surface area contributed by atoms with Gasteiger partial charge >= 0.3 is 0 Å². The molecule has 0 bridgehead atoms. The van der Waals surface area contributed by atoms with Crippen molar-refractivity contribution in [2.75, 3.05) is 0 Å². The molecule has 0 saturated heterocycles. The first kappa shape index (κ1) is 23.5. The SMILES string of the molecule is CC(C)[Si](CCCCCC[Si](C)(C1=CCC=C1)C1=CCC=C1)(C1=CCC=C1)C1=CCC=C1. The molecule has 0 saturated carbocycles. The van der Waals surface area contributed by atoms with Gasteiger partial charge in [0.25, 0.3) is 0 Å². The summed E-state index contributed by atoms with van der Waals surface area (Å²) in [7, 11) is -3.14. The Morgan fingerprint density at radius 1 is 0.594 bits per heavy atom. The van der Waals surface area contributed by atoms with E-state index in [0.29, 0.717) is 0 Å². The van der Waals surface area contributed by atoms with Crippen molar-refractivity contribution in [2.24, 2.45) is 0 Å². The van der Waals surface area contributed by atoms with Crippen LogP contribution < -0.4 is 0 Å². The first-order valence-electron chi connectivity index (χ1n) is 13.1. The Bertz CT molecular complexity index is 870. The third kappa shape index (κ3) is 4.68. The normalized spacial score (nSPS) is 19.9. The summed E-state index contributed by atoms with van der Waals surface area (Å²) in [4.78, 5) is 0. The van der Waals surface area contributed by atoms with Crippen LogP contribution in [0.3, 0.4) is 0 Å². The first-order valence-corrected chi connectivity index (χ1v) is 18.1. The molecule has 0 atom stereocenters. The molecule has 4 rings (SSSR count). The lowest BCUT2D eigenvalue weighted by molar-refractivity contribution is 0.689. The van der Waals surface area contributed by atoms with E-state index in [4.69, 9.17) is 0 Å². The largest absolute Gasteiger partial charge is 0.119 e. The maximum atomic E-state index is 2.62. The summed E-state index contributed by atoms with van der Waals surface area (Å²) in [6, 6.07) is 2.83. The molecule has 0 nitrogen and oxygen atoms in total. The molecule has 2 heteroatoms. The minimum Gasteiger partial charge on any atom is -0.0811 e. The Labute approximate surface area is 199 Å². The second-order valence-electron chi connectivity index (χ2n) is 10.6. The third-order valence-corrected chi connectivity index (χ3v) is 18.9. The number of unbranched alkanes of at least 4 members (excludes halogenated alkanes) is 3. The van der Waals surface area contributed by atoms with Crippen LogP contribution >= 0.6 is 0 Å². The molecule has 0 radical (unpaired) electrons. The van der Waals surface area contributed by atoms with Crippen molar-refractivity contribution >= 4 is 16.1 Å². The van der Waals surface area contributed by atoms with Crippen LogP contribution in [-0.4, -0.2) is 16.1 Å². The van der Waals surface area contributed by atoms with Gasteiger partial charge in [-0.15, -0.1) is 0 Å². The lowest BCUT2D eigenvalue weighted by Crippen LogP contribution is -2.42. The molecule has 4 aliphatic carbocycles. The summed E-state index contributed by atoms with van der Waals surface area (Å²) in [5.74, 6) is 0. The molecular formula is C30H42Si2. The molecule has 170 valence electrons. The Kier molecular flexibility index (Phi) is 7.73. The van der Waals surface area contributed by atoms with E-state index in [-0.39, 0.29) is 0 Å². The average Bonchev–Trinajstić information content (AvgIpc) is 3.61. The van der Waals surface area contributed by atoms with Gasteiger partial charge in [0.15, 0.2) is 0 Å². The van der Waals surface area contributed by atoms with E-state index >= 15 is 0 Å². The number of hydrogen-bond donors (Lipinski definition) is 0. The van der Waals surface area contributed by atoms with Gasteiger partial charge in [-0.05, 0) is 43.3 Å². The van der Waals surface area contributed by atoms with Crippen LogP contribution in [0, 0.1) is 0 Å². The van der Waals surface area contributed by atoms with Gasteiger partial charge < -0.3 is 0 Å². The summed E-state index contributed by atoms with van der Waals surface area (Å²) in [5.41, 5.74) is 0.767. The number of hydrogen-bond acceptors (Lipinski definition) is 0. The Morgan fingerprint density at radius 3 is 1.38 bits per heavy atom. The summed E-state index contributed by atoms with van der Waals surface area (Å²) >= 11 is 0. The standard InChI is InChI=1S/C30H42Si2/c1-26(2)32(29-20-10-11-21-29,30-22-12-13-23-30)25-15-5-4-14-24-31(3,27-16-6-7-17-27)28-18-8-9-19-28/h6,8,10,12,16-23,26H,4-5,7,9,11,13-15,24-25H2,1-3H3. The van der Waals surface area contributed by atoms with Crippen molar-refractivity contribution in [3.05, 3.63) is 93.7 Å². The number of allylic oxidation sites excluding steroid dienone is 16. The molecule has 0 aromatic heterocycles. The van der Waals surface area contributed by atoms with Gasteiger partial charge in [0.1, 0.15) is 16.1 Å². The maximum absolute atomic E-state index is 2.62. The van der Waals surface area contributed by atoms with Crippen molar-refractivity contribution in [3.63, 3.8) is 0 Å². The highest BCUT2D eigenvalue weighted by atomic mass is 28.3. The molecule has 0 aromatic rings. The van der Waals surface area contributed by atoms with Crippen molar-refractivity contribution in [3.8, 4) is 0 Å². The van der Waals surface area contributed by atoms with Crippen LogP contribution in [0.5, 0.6) is 0 Å².